The summed E-state index contributed by atoms with van der Waals surface area (Å²) >= 11 is 0. The molecule has 0 radical (unpaired) electrons. The lowest BCUT2D eigenvalue weighted by atomic mass is 10.0. The van der Waals surface area contributed by atoms with Crippen molar-refractivity contribution in [1.82, 2.24) is 9.78 Å². The van der Waals surface area contributed by atoms with Crippen LogP contribution >= 0.6 is 0 Å². The van der Waals surface area contributed by atoms with Gasteiger partial charge < -0.3 is 15.2 Å². The third-order valence-electron chi connectivity index (χ3n) is 2.85. The molecule has 1 aromatic carbocycles. The number of aryl methyl sites for hydroxylation is 1. The third-order valence-corrected chi connectivity index (χ3v) is 2.85. The lowest BCUT2D eigenvalue weighted by Crippen LogP contribution is -2.11. The molecule has 0 spiro atoms. The van der Waals surface area contributed by atoms with E-state index in [2.05, 4.69) is 5.10 Å². The van der Waals surface area contributed by atoms with Crippen molar-refractivity contribution < 1.29 is 9.47 Å². The van der Waals surface area contributed by atoms with Crippen molar-refractivity contribution in [2.24, 2.45) is 12.8 Å². The van der Waals surface area contributed by atoms with Gasteiger partial charge in [0.25, 0.3) is 0 Å². The van der Waals surface area contributed by atoms with Crippen molar-refractivity contribution in [3.8, 4) is 11.5 Å². The van der Waals surface area contributed by atoms with Crippen LogP contribution in [0.3, 0.4) is 0 Å². The zero-order chi connectivity index (χ0) is 13.1. The highest BCUT2D eigenvalue weighted by atomic mass is 16.5. The molecule has 0 bridgehead atoms. The van der Waals surface area contributed by atoms with Gasteiger partial charge in [-0.15, -0.1) is 0 Å². The summed E-state index contributed by atoms with van der Waals surface area (Å²) in [5.41, 5.74) is 8.12. The van der Waals surface area contributed by atoms with Crippen LogP contribution in [0.1, 0.15) is 17.2 Å². The lowest BCUT2D eigenvalue weighted by molar-refractivity contribution is 0.354. The van der Waals surface area contributed by atoms with Crippen molar-refractivity contribution in [3.05, 3.63) is 41.7 Å². The fourth-order valence-corrected chi connectivity index (χ4v) is 1.84. The molecule has 0 aliphatic rings. The first-order chi connectivity index (χ1) is 8.65. The molecule has 0 saturated carbocycles. The van der Waals surface area contributed by atoms with E-state index >= 15 is 0 Å². The fraction of sp³-hybridized carbons (Fsp3) is 0.308. The topological polar surface area (TPSA) is 62.3 Å². The maximum absolute atomic E-state index is 6.20. The number of benzene rings is 1. The smallest absolute Gasteiger partial charge is 0.161 e. The molecule has 0 saturated heterocycles. The second-order valence-electron chi connectivity index (χ2n) is 4.04. The molecular weight excluding hydrogens is 230 g/mol. The Morgan fingerprint density at radius 3 is 2.44 bits per heavy atom. The molecule has 18 heavy (non-hydrogen) atoms. The molecular formula is C13H17N3O2. The van der Waals surface area contributed by atoms with Crippen LogP contribution in [0.2, 0.25) is 0 Å². The number of ether oxygens (including phenoxy) is 2. The average Bonchev–Trinajstić information content (AvgIpc) is 2.83. The van der Waals surface area contributed by atoms with Gasteiger partial charge in [-0.3, -0.25) is 4.68 Å². The first-order valence-corrected chi connectivity index (χ1v) is 5.61. The van der Waals surface area contributed by atoms with Crippen molar-refractivity contribution in [2.75, 3.05) is 14.2 Å². The van der Waals surface area contributed by atoms with Crippen LogP contribution in [-0.2, 0) is 7.05 Å². The van der Waals surface area contributed by atoms with E-state index in [0.29, 0.717) is 11.5 Å². The molecule has 1 heterocycles. The van der Waals surface area contributed by atoms with Gasteiger partial charge in [0.2, 0.25) is 0 Å². The monoisotopic (exact) mass is 247 g/mol. The summed E-state index contributed by atoms with van der Waals surface area (Å²) < 4.78 is 12.2. The Hall–Kier alpha value is -2.01. The van der Waals surface area contributed by atoms with Crippen LogP contribution in [0.4, 0.5) is 0 Å². The molecule has 1 atom stereocenters. The van der Waals surface area contributed by atoms with Crippen molar-refractivity contribution in [2.45, 2.75) is 6.04 Å². The van der Waals surface area contributed by atoms with Gasteiger partial charge in [-0.25, -0.2) is 0 Å². The fourth-order valence-electron chi connectivity index (χ4n) is 1.84. The largest absolute Gasteiger partial charge is 0.493 e. The molecule has 0 fully saturated rings. The molecule has 5 nitrogen and oxygen atoms in total. The zero-order valence-electron chi connectivity index (χ0n) is 10.8. The maximum Gasteiger partial charge on any atom is 0.161 e. The van der Waals surface area contributed by atoms with Gasteiger partial charge >= 0.3 is 0 Å². The molecule has 2 N–H and O–H groups in total. The van der Waals surface area contributed by atoms with E-state index in [4.69, 9.17) is 15.2 Å². The highest BCUT2D eigenvalue weighted by molar-refractivity contribution is 5.45. The summed E-state index contributed by atoms with van der Waals surface area (Å²) in [6.07, 6.45) is 3.67. The Bertz CT molecular complexity index is 537. The van der Waals surface area contributed by atoms with Gasteiger partial charge in [0.15, 0.2) is 11.5 Å². The summed E-state index contributed by atoms with van der Waals surface area (Å²) in [4.78, 5) is 0. The van der Waals surface area contributed by atoms with E-state index in [0.717, 1.165) is 11.1 Å². The van der Waals surface area contributed by atoms with Gasteiger partial charge in [0.05, 0.1) is 26.5 Å². The van der Waals surface area contributed by atoms with Gasteiger partial charge in [-0.05, 0) is 17.7 Å². The van der Waals surface area contributed by atoms with Crippen LogP contribution in [-0.4, -0.2) is 24.0 Å². The Labute approximate surface area is 106 Å². The minimum Gasteiger partial charge on any atom is -0.493 e. The summed E-state index contributed by atoms with van der Waals surface area (Å²) in [5, 5.41) is 4.12. The first kappa shape index (κ1) is 12.4. The van der Waals surface area contributed by atoms with E-state index in [9.17, 15) is 0 Å². The number of methoxy groups -OCH3 is 2. The molecule has 2 aromatic rings. The number of nitrogens with two attached hydrogens (primary N) is 1. The normalized spacial score (nSPS) is 12.2. The minimum absolute atomic E-state index is 0.224. The Balaban J connectivity index is 2.33. The predicted octanol–water partition coefficient (Wildman–Crippen LogP) is 1.49. The molecule has 96 valence electrons. The number of aromatic nitrogens is 2. The van der Waals surface area contributed by atoms with Crippen molar-refractivity contribution in [3.63, 3.8) is 0 Å². The van der Waals surface area contributed by atoms with Gasteiger partial charge in [-0.2, -0.15) is 5.10 Å². The summed E-state index contributed by atoms with van der Waals surface area (Å²) in [6.45, 7) is 0. The summed E-state index contributed by atoms with van der Waals surface area (Å²) in [6, 6.07) is 5.44. The van der Waals surface area contributed by atoms with Crippen LogP contribution in [0.5, 0.6) is 11.5 Å². The zero-order valence-corrected chi connectivity index (χ0v) is 10.8. The molecule has 1 unspecified atom stereocenters. The van der Waals surface area contributed by atoms with Gasteiger partial charge in [0.1, 0.15) is 0 Å². The van der Waals surface area contributed by atoms with E-state index in [-0.39, 0.29) is 6.04 Å². The van der Waals surface area contributed by atoms with Crippen LogP contribution in [0, 0.1) is 0 Å². The number of nitrogens with zero attached hydrogens (tertiary/aromatic N) is 2. The van der Waals surface area contributed by atoms with Crippen LogP contribution in [0.15, 0.2) is 30.6 Å². The standard InChI is InChI=1S/C13H17N3O2/c1-16-8-10(7-15-16)13(14)9-4-5-11(17-2)12(6-9)18-3/h4-8,13H,14H2,1-3H3. The quantitative estimate of drug-likeness (QED) is 0.889. The Morgan fingerprint density at radius 1 is 1.17 bits per heavy atom. The molecule has 0 amide bonds. The number of hydrogen-bond donors (Lipinski definition) is 1. The second kappa shape index (κ2) is 5.10. The summed E-state index contributed by atoms with van der Waals surface area (Å²) in [5.74, 6) is 1.37. The van der Waals surface area contributed by atoms with Crippen molar-refractivity contribution >= 4 is 0 Å². The van der Waals surface area contributed by atoms with E-state index < -0.39 is 0 Å². The Kier molecular flexibility index (Phi) is 3.53. The lowest BCUT2D eigenvalue weighted by Gasteiger charge is -2.13. The summed E-state index contributed by atoms with van der Waals surface area (Å²) in [7, 11) is 5.08. The van der Waals surface area contributed by atoms with Crippen LogP contribution < -0.4 is 15.2 Å². The predicted molar refractivity (Wildman–Crippen MR) is 68.8 cm³/mol. The molecule has 0 aliphatic carbocycles. The minimum atomic E-state index is -0.224. The second-order valence-corrected chi connectivity index (χ2v) is 4.04. The Morgan fingerprint density at radius 2 is 1.89 bits per heavy atom. The van der Waals surface area contributed by atoms with E-state index in [1.165, 1.54) is 0 Å². The van der Waals surface area contributed by atoms with Crippen molar-refractivity contribution in [1.29, 1.82) is 0 Å². The maximum atomic E-state index is 6.20. The number of rotatable bonds is 4. The van der Waals surface area contributed by atoms with Gasteiger partial charge in [-0.1, -0.05) is 6.07 Å². The first-order valence-electron chi connectivity index (χ1n) is 5.61. The molecule has 0 aliphatic heterocycles. The van der Waals surface area contributed by atoms with E-state index in [1.807, 2.05) is 31.4 Å². The van der Waals surface area contributed by atoms with Gasteiger partial charge in [0, 0.05) is 18.8 Å². The van der Waals surface area contributed by atoms with Crippen LogP contribution in [0.25, 0.3) is 0 Å². The SMILES string of the molecule is COc1ccc(C(N)c2cnn(C)c2)cc1OC. The molecule has 5 heteroatoms. The molecule has 2 rings (SSSR count). The third kappa shape index (κ3) is 2.31. The molecule has 1 aromatic heterocycles. The highest BCUT2D eigenvalue weighted by Gasteiger charge is 2.13. The highest BCUT2D eigenvalue weighted by Crippen LogP contribution is 2.31. The number of hydrogen-bond acceptors (Lipinski definition) is 4. The van der Waals surface area contributed by atoms with E-state index in [1.54, 1.807) is 25.1 Å². The average molecular weight is 247 g/mol.